The zero-order valence-corrected chi connectivity index (χ0v) is 19.9. The average Bonchev–Trinajstić information content (AvgIpc) is 3.42. The molecule has 0 spiro atoms. The molecule has 1 aliphatic carbocycles. The third-order valence-electron chi connectivity index (χ3n) is 5.94. The van der Waals surface area contributed by atoms with Gasteiger partial charge in [-0.3, -0.25) is 4.99 Å². The smallest absolute Gasteiger partial charge is 0.191 e. The lowest BCUT2D eigenvalue weighted by atomic mass is 9.78. The number of guanidine groups is 1. The van der Waals surface area contributed by atoms with Crippen LogP contribution in [0.1, 0.15) is 52.0 Å². The molecule has 0 bridgehead atoms. The second-order valence-electron chi connectivity index (χ2n) is 9.16. The Bertz CT molecular complexity index is 670. The molecule has 1 saturated carbocycles. The minimum Gasteiger partial charge on any atom is -0.377 e. The summed E-state index contributed by atoms with van der Waals surface area (Å²) in [4.78, 5) is 4.38. The molecule has 1 heterocycles. The molecule has 2 unspecified atom stereocenters. The molecule has 2 atom stereocenters. The number of ether oxygens (including phenoxy) is 1. The maximum absolute atomic E-state index is 13.6. The van der Waals surface area contributed by atoms with Gasteiger partial charge >= 0.3 is 0 Å². The molecule has 0 amide bonds. The Morgan fingerprint density at radius 2 is 2.04 bits per heavy atom. The van der Waals surface area contributed by atoms with Gasteiger partial charge in [0.2, 0.25) is 0 Å². The predicted molar refractivity (Wildman–Crippen MR) is 124 cm³/mol. The zero-order chi connectivity index (χ0) is 19.5. The van der Waals surface area contributed by atoms with E-state index in [9.17, 15) is 4.39 Å². The van der Waals surface area contributed by atoms with Gasteiger partial charge in [-0.15, -0.1) is 24.0 Å². The van der Waals surface area contributed by atoms with Crippen molar-refractivity contribution in [1.29, 1.82) is 0 Å². The molecule has 158 valence electrons. The highest BCUT2D eigenvalue weighted by Gasteiger charge is 2.44. The van der Waals surface area contributed by atoms with Gasteiger partial charge < -0.3 is 15.4 Å². The molecule has 1 aliphatic heterocycles. The van der Waals surface area contributed by atoms with E-state index in [0.29, 0.717) is 5.92 Å². The van der Waals surface area contributed by atoms with Gasteiger partial charge in [-0.25, -0.2) is 4.39 Å². The molecule has 2 fully saturated rings. The minimum atomic E-state index is -0.160. The van der Waals surface area contributed by atoms with E-state index < -0.39 is 0 Å². The van der Waals surface area contributed by atoms with Crippen molar-refractivity contribution in [3.63, 3.8) is 0 Å². The zero-order valence-electron chi connectivity index (χ0n) is 17.6. The lowest BCUT2D eigenvalue weighted by Gasteiger charge is -2.40. The maximum Gasteiger partial charge on any atom is 0.191 e. The molecule has 28 heavy (non-hydrogen) atoms. The fourth-order valence-electron chi connectivity index (χ4n) is 4.25. The van der Waals surface area contributed by atoms with Crippen LogP contribution in [-0.2, 0) is 10.2 Å². The molecule has 2 N–H and O–H groups in total. The van der Waals surface area contributed by atoms with E-state index in [4.69, 9.17) is 4.74 Å². The van der Waals surface area contributed by atoms with E-state index in [2.05, 4.69) is 36.4 Å². The van der Waals surface area contributed by atoms with Crippen LogP contribution < -0.4 is 10.6 Å². The van der Waals surface area contributed by atoms with Crippen molar-refractivity contribution in [2.45, 2.75) is 58.0 Å². The molecular formula is C22H35FIN3O. The number of nitrogens with one attached hydrogen (secondary N) is 2. The molecule has 0 radical (unpaired) electrons. The van der Waals surface area contributed by atoms with Crippen LogP contribution in [0.2, 0.25) is 0 Å². The van der Waals surface area contributed by atoms with Crippen LogP contribution in [0.5, 0.6) is 0 Å². The lowest BCUT2D eigenvalue weighted by Crippen LogP contribution is -2.48. The average molecular weight is 503 g/mol. The van der Waals surface area contributed by atoms with Crippen LogP contribution in [0.25, 0.3) is 0 Å². The van der Waals surface area contributed by atoms with Gasteiger partial charge in [0.25, 0.3) is 0 Å². The Kier molecular flexibility index (Phi) is 8.14. The van der Waals surface area contributed by atoms with Crippen LogP contribution in [0.15, 0.2) is 29.3 Å². The van der Waals surface area contributed by atoms with Crippen LogP contribution in [-0.4, -0.2) is 38.8 Å². The van der Waals surface area contributed by atoms with Crippen molar-refractivity contribution >= 4 is 29.9 Å². The minimum absolute atomic E-state index is 0. The van der Waals surface area contributed by atoms with E-state index in [1.54, 1.807) is 19.2 Å². The highest BCUT2D eigenvalue weighted by atomic mass is 127. The third kappa shape index (κ3) is 5.81. The summed E-state index contributed by atoms with van der Waals surface area (Å²) in [7, 11) is 1.80. The Labute approximate surface area is 186 Å². The number of halogens is 2. The second-order valence-corrected chi connectivity index (χ2v) is 9.16. The summed E-state index contributed by atoms with van der Waals surface area (Å²) >= 11 is 0. The lowest BCUT2D eigenvalue weighted by molar-refractivity contribution is -0.0835. The van der Waals surface area contributed by atoms with Crippen LogP contribution in [0, 0.1) is 17.2 Å². The van der Waals surface area contributed by atoms with Crippen LogP contribution in [0.4, 0.5) is 4.39 Å². The van der Waals surface area contributed by atoms with Gasteiger partial charge in [0, 0.05) is 38.1 Å². The van der Waals surface area contributed by atoms with Crippen molar-refractivity contribution in [3.8, 4) is 0 Å². The Hall–Kier alpha value is -0.890. The molecule has 1 aromatic carbocycles. The van der Waals surface area contributed by atoms with Gasteiger partial charge in [-0.05, 0) is 48.8 Å². The molecule has 1 saturated heterocycles. The van der Waals surface area contributed by atoms with E-state index in [-0.39, 0.29) is 46.7 Å². The summed E-state index contributed by atoms with van der Waals surface area (Å²) in [5.41, 5.74) is 1.26. The van der Waals surface area contributed by atoms with Gasteiger partial charge in [0.1, 0.15) is 5.82 Å². The first-order valence-electron chi connectivity index (χ1n) is 10.2. The molecular weight excluding hydrogens is 468 g/mol. The van der Waals surface area contributed by atoms with Crippen LogP contribution >= 0.6 is 24.0 Å². The van der Waals surface area contributed by atoms with Crippen molar-refractivity contribution in [1.82, 2.24) is 10.6 Å². The fourth-order valence-corrected chi connectivity index (χ4v) is 4.25. The molecule has 3 rings (SSSR count). The number of hydrogen-bond donors (Lipinski definition) is 2. The number of benzene rings is 1. The molecule has 1 aromatic rings. The van der Waals surface area contributed by atoms with Crippen molar-refractivity contribution in [2.75, 3.05) is 26.7 Å². The summed E-state index contributed by atoms with van der Waals surface area (Å²) in [6.07, 6.45) is 4.73. The SMILES string of the molecule is CN=C(NCC1CCCOC1C(C)(C)C)NCC1(c2cccc(F)c2)CC1.I. The molecule has 6 heteroatoms. The van der Waals surface area contributed by atoms with E-state index >= 15 is 0 Å². The maximum atomic E-state index is 13.6. The predicted octanol–water partition coefficient (Wildman–Crippen LogP) is 4.48. The number of aliphatic imine (C=N–C) groups is 1. The topological polar surface area (TPSA) is 45.7 Å². The number of hydrogen-bond acceptors (Lipinski definition) is 2. The first-order chi connectivity index (χ1) is 12.8. The highest BCUT2D eigenvalue weighted by molar-refractivity contribution is 14.0. The number of nitrogens with zero attached hydrogens (tertiary/aromatic N) is 1. The normalized spacial score (nSPS) is 24.2. The summed E-state index contributed by atoms with van der Waals surface area (Å²) < 4.78 is 19.7. The van der Waals surface area contributed by atoms with Gasteiger partial charge in [-0.1, -0.05) is 32.9 Å². The van der Waals surface area contributed by atoms with E-state index in [1.807, 2.05) is 6.07 Å². The van der Waals surface area contributed by atoms with E-state index in [0.717, 1.165) is 50.5 Å². The van der Waals surface area contributed by atoms with Crippen molar-refractivity contribution in [2.24, 2.45) is 16.3 Å². The fraction of sp³-hybridized carbons (Fsp3) is 0.682. The Balaban J connectivity index is 0.00000280. The molecule has 4 nitrogen and oxygen atoms in total. The quantitative estimate of drug-likeness (QED) is 0.354. The van der Waals surface area contributed by atoms with Gasteiger partial charge in [0.05, 0.1) is 6.10 Å². The van der Waals surface area contributed by atoms with Crippen molar-refractivity contribution in [3.05, 3.63) is 35.6 Å². The standard InChI is InChI=1S/C22H34FN3O.HI/c1-21(2,3)19-16(7-6-12-27-19)14-25-20(24-4)26-15-22(10-11-22)17-8-5-9-18(23)13-17;/h5,8-9,13,16,19H,6-7,10-12,14-15H2,1-4H3,(H2,24,25,26);1H. The summed E-state index contributed by atoms with van der Waals surface area (Å²) in [5, 5.41) is 6.95. The van der Waals surface area contributed by atoms with Crippen molar-refractivity contribution < 1.29 is 9.13 Å². The monoisotopic (exact) mass is 503 g/mol. The molecule has 2 aliphatic rings. The first-order valence-corrected chi connectivity index (χ1v) is 10.2. The summed E-state index contributed by atoms with van der Waals surface area (Å²) in [5.74, 6) is 1.14. The Morgan fingerprint density at radius 1 is 1.29 bits per heavy atom. The first kappa shape index (κ1) is 23.4. The van der Waals surface area contributed by atoms with Gasteiger partial charge in [0.15, 0.2) is 5.96 Å². The summed E-state index contributed by atoms with van der Waals surface area (Å²) in [6.45, 7) is 9.24. The van der Waals surface area contributed by atoms with Gasteiger partial charge in [-0.2, -0.15) is 0 Å². The van der Waals surface area contributed by atoms with E-state index in [1.165, 1.54) is 12.5 Å². The third-order valence-corrected chi connectivity index (χ3v) is 5.94. The summed E-state index contributed by atoms with van der Waals surface area (Å²) in [6, 6.07) is 7.00. The largest absolute Gasteiger partial charge is 0.377 e. The van der Waals surface area contributed by atoms with Crippen LogP contribution in [0.3, 0.4) is 0 Å². The molecule has 0 aromatic heterocycles. The number of rotatable bonds is 5. The highest BCUT2D eigenvalue weighted by Crippen LogP contribution is 2.47. The second kappa shape index (κ2) is 9.74. The Morgan fingerprint density at radius 3 is 2.64 bits per heavy atom.